The summed E-state index contributed by atoms with van der Waals surface area (Å²) in [5.74, 6) is -0.938. The maximum absolute atomic E-state index is 10.8. The van der Waals surface area contributed by atoms with Crippen molar-refractivity contribution in [3.05, 3.63) is 35.4 Å². The Labute approximate surface area is 75.7 Å². The Bertz CT molecular complexity index is 382. The summed E-state index contributed by atoms with van der Waals surface area (Å²) in [4.78, 5) is 14.8. The molecule has 3 nitrogen and oxygen atoms in total. The summed E-state index contributed by atoms with van der Waals surface area (Å²) in [6, 6.07) is 7.51. The molecular weight excluding hydrogens is 166 g/mol. The Morgan fingerprint density at radius 2 is 2.15 bits per heavy atom. The van der Waals surface area contributed by atoms with Crippen LogP contribution in [-0.4, -0.2) is 23.3 Å². The van der Waals surface area contributed by atoms with Gasteiger partial charge in [-0.05, 0) is 12.0 Å². The number of aliphatic imine (C=N–C) groups is 1. The molecule has 0 amide bonds. The summed E-state index contributed by atoms with van der Waals surface area (Å²) in [7, 11) is 0. The van der Waals surface area contributed by atoms with Crippen molar-refractivity contribution in [1.82, 2.24) is 0 Å². The lowest BCUT2D eigenvalue weighted by atomic mass is 9.98. The minimum absolute atomic E-state index is 0.196. The summed E-state index contributed by atoms with van der Waals surface area (Å²) in [6.45, 7) is 0.582. The first kappa shape index (κ1) is 7.98. The van der Waals surface area contributed by atoms with E-state index in [0.29, 0.717) is 6.54 Å². The number of hydrogen-bond acceptors (Lipinski definition) is 2. The van der Waals surface area contributed by atoms with Crippen molar-refractivity contribution in [2.24, 2.45) is 4.99 Å². The van der Waals surface area contributed by atoms with Gasteiger partial charge in [0.2, 0.25) is 0 Å². The second kappa shape index (κ2) is 3.01. The average molecular weight is 175 g/mol. The van der Waals surface area contributed by atoms with E-state index < -0.39 is 5.97 Å². The van der Waals surface area contributed by atoms with Crippen LogP contribution in [0.4, 0.5) is 0 Å². The molecule has 1 aliphatic heterocycles. The predicted molar refractivity (Wildman–Crippen MR) is 49.2 cm³/mol. The van der Waals surface area contributed by atoms with Gasteiger partial charge >= 0.3 is 5.97 Å². The number of hydrogen-bond donors (Lipinski definition) is 1. The van der Waals surface area contributed by atoms with Crippen molar-refractivity contribution in [3.63, 3.8) is 0 Å². The lowest BCUT2D eigenvalue weighted by Gasteiger charge is -2.13. The smallest absolute Gasteiger partial charge is 0.354 e. The third kappa shape index (κ3) is 1.33. The van der Waals surface area contributed by atoms with Gasteiger partial charge in [-0.15, -0.1) is 0 Å². The molecule has 3 heteroatoms. The van der Waals surface area contributed by atoms with Crippen molar-refractivity contribution in [2.45, 2.75) is 6.42 Å². The summed E-state index contributed by atoms with van der Waals surface area (Å²) < 4.78 is 0. The molecule has 0 saturated carbocycles. The summed E-state index contributed by atoms with van der Waals surface area (Å²) in [5.41, 5.74) is 2.04. The maximum Gasteiger partial charge on any atom is 0.354 e. The summed E-state index contributed by atoms with van der Waals surface area (Å²) >= 11 is 0. The first-order valence-corrected chi connectivity index (χ1v) is 4.15. The number of aliphatic carboxylic acids is 1. The number of fused-ring (bicyclic) bond motifs is 1. The Hall–Kier alpha value is -1.64. The number of carbonyl (C=O) groups is 1. The zero-order chi connectivity index (χ0) is 9.26. The van der Waals surface area contributed by atoms with Gasteiger partial charge in [0.1, 0.15) is 0 Å². The lowest BCUT2D eigenvalue weighted by molar-refractivity contribution is -0.129. The van der Waals surface area contributed by atoms with Crippen LogP contribution in [0.3, 0.4) is 0 Å². The fraction of sp³-hybridized carbons (Fsp3) is 0.200. The average Bonchev–Trinajstić information content (AvgIpc) is 2.17. The third-order valence-corrected chi connectivity index (χ3v) is 2.13. The van der Waals surface area contributed by atoms with Crippen LogP contribution < -0.4 is 0 Å². The quantitative estimate of drug-likeness (QED) is 0.695. The standard InChI is InChI=1S/C10H9NO2/c12-10(13)9-8-4-2-1-3-7(8)5-6-11-9/h1-4H,5-6H2,(H,12,13). The van der Waals surface area contributed by atoms with E-state index in [0.717, 1.165) is 17.5 Å². The molecule has 0 spiro atoms. The minimum Gasteiger partial charge on any atom is -0.477 e. The molecule has 0 fully saturated rings. The highest BCUT2D eigenvalue weighted by Crippen LogP contribution is 2.15. The summed E-state index contributed by atoms with van der Waals surface area (Å²) in [6.07, 6.45) is 0.840. The van der Waals surface area contributed by atoms with Gasteiger partial charge in [0.15, 0.2) is 5.71 Å². The van der Waals surface area contributed by atoms with E-state index in [1.165, 1.54) is 0 Å². The van der Waals surface area contributed by atoms with E-state index in [4.69, 9.17) is 5.11 Å². The number of nitrogens with zero attached hydrogens (tertiary/aromatic N) is 1. The Balaban J connectivity index is 2.53. The van der Waals surface area contributed by atoms with Crippen molar-refractivity contribution < 1.29 is 9.90 Å². The van der Waals surface area contributed by atoms with Gasteiger partial charge in [-0.3, -0.25) is 4.99 Å². The van der Waals surface area contributed by atoms with E-state index in [2.05, 4.69) is 4.99 Å². The molecule has 0 aliphatic carbocycles. The molecule has 1 aromatic rings. The van der Waals surface area contributed by atoms with E-state index >= 15 is 0 Å². The van der Waals surface area contributed by atoms with Crippen LogP contribution in [0, 0.1) is 0 Å². The number of carboxylic acid groups (broad SMARTS) is 1. The van der Waals surface area contributed by atoms with Crippen LogP contribution in [0.5, 0.6) is 0 Å². The van der Waals surface area contributed by atoms with Crippen LogP contribution >= 0.6 is 0 Å². The molecule has 0 radical (unpaired) electrons. The summed E-state index contributed by atoms with van der Waals surface area (Å²) in [5, 5.41) is 8.85. The lowest BCUT2D eigenvalue weighted by Crippen LogP contribution is -2.20. The predicted octanol–water partition coefficient (Wildman–Crippen LogP) is 1.12. The third-order valence-electron chi connectivity index (χ3n) is 2.13. The molecule has 1 N–H and O–H groups in total. The largest absolute Gasteiger partial charge is 0.477 e. The Morgan fingerprint density at radius 3 is 2.92 bits per heavy atom. The zero-order valence-corrected chi connectivity index (χ0v) is 7.03. The highest BCUT2D eigenvalue weighted by atomic mass is 16.4. The van der Waals surface area contributed by atoms with Crippen molar-refractivity contribution in [3.8, 4) is 0 Å². The van der Waals surface area contributed by atoms with Crippen LogP contribution in [0.2, 0.25) is 0 Å². The molecule has 2 rings (SSSR count). The van der Waals surface area contributed by atoms with Gasteiger partial charge in [-0.1, -0.05) is 24.3 Å². The van der Waals surface area contributed by atoms with Gasteiger partial charge in [-0.25, -0.2) is 4.79 Å². The van der Waals surface area contributed by atoms with Gasteiger partial charge in [-0.2, -0.15) is 0 Å². The Morgan fingerprint density at radius 1 is 1.38 bits per heavy atom. The second-order valence-electron chi connectivity index (χ2n) is 2.94. The molecule has 0 aromatic heterocycles. The normalized spacial score (nSPS) is 14.6. The second-order valence-corrected chi connectivity index (χ2v) is 2.94. The van der Waals surface area contributed by atoms with Gasteiger partial charge in [0.25, 0.3) is 0 Å². The number of benzene rings is 1. The van der Waals surface area contributed by atoms with Crippen LogP contribution in [0.1, 0.15) is 11.1 Å². The molecule has 1 aromatic carbocycles. The molecule has 66 valence electrons. The van der Waals surface area contributed by atoms with E-state index in [1.54, 1.807) is 6.07 Å². The highest BCUT2D eigenvalue weighted by Gasteiger charge is 2.18. The minimum atomic E-state index is -0.938. The topological polar surface area (TPSA) is 49.7 Å². The fourth-order valence-electron chi connectivity index (χ4n) is 1.53. The van der Waals surface area contributed by atoms with Crippen molar-refractivity contribution in [1.29, 1.82) is 0 Å². The zero-order valence-electron chi connectivity index (χ0n) is 7.03. The van der Waals surface area contributed by atoms with Crippen LogP contribution in [0.25, 0.3) is 0 Å². The molecule has 0 unspecified atom stereocenters. The SMILES string of the molecule is O=C(O)C1=NCCc2ccccc21. The van der Waals surface area contributed by atoms with Crippen LogP contribution in [0.15, 0.2) is 29.3 Å². The van der Waals surface area contributed by atoms with Crippen LogP contribution in [-0.2, 0) is 11.2 Å². The van der Waals surface area contributed by atoms with E-state index in [1.807, 2.05) is 18.2 Å². The molecule has 0 saturated heterocycles. The first-order chi connectivity index (χ1) is 6.29. The molecular formula is C10H9NO2. The van der Waals surface area contributed by atoms with Crippen molar-refractivity contribution >= 4 is 11.7 Å². The highest BCUT2D eigenvalue weighted by molar-refractivity contribution is 6.43. The molecule has 13 heavy (non-hydrogen) atoms. The molecule has 0 atom stereocenters. The van der Waals surface area contributed by atoms with Gasteiger partial charge in [0.05, 0.1) is 0 Å². The number of rotatable bonds is 1. The van der Waals surface area contributed by atoms with E-state index in [-0.39, 0.29) is 5.71 Å². The van der Waals surface area contributed by atoms with Crippen molar-refractivity contribution in [2.75, 3.05) is 6.54 Å². The monoisotopic (exact) mass is 175 g/mol. The molecule has 0 bridgehead atoms. The maximum atomic E-state index is 10.8. The first-order valence-electron chi connectivity index (χ1n) is 4.15. The van der Waals surface area contributed by atoms with Gasteiger partial charge in [0, 0.05) is 12.1 Å². The Kier molecular flexibility index (Phi) is 1.85. The number of carboxylic acids is 1. The molecule has 1 aliphatic rings. The van der Waals surface area contributed by atoms with Gasteiger partial charge < -0.3 is 5.11 Å². The van der Waals surface area contributed by atoms with E-state index in [9.17, 15) is 4.79 Å². The molecule has 1 heterocycles. The fourth-order valence-corrected chi connectivity index (χ4v) is 1.53.